The monoisotopic (exact) mass is 265 g/mol. The van der Waals surface area contributed by atoms with E-state index in [0.29, 0.717) is 35.6 Å². The fraction of sp³-hybridized carbons (Fsp3) is 0.375. The van der Waals surface area contributed by atoms with Gasteiger partial charge in [0.1, 0.15) is 17.4 Å². The van der Waals surface area contributed by atoms with Crippen molar-refractivity contribution in [2.45, 2.75) is 32.1 Å². The van der Waals surface area contributed by atoms with Gasteiger partial charge in [0.15, 0.2) is 0 Å². The Morgan fingerprint density at radius 3 is 2.65 bits per heavy atom. The van der Waals surface area contributed by atoms with Gasteiger partial charge in [-0.25, -0.2) is 0 Å². The standard InChI is InChI=1S/C16H15N3O/c1-10-6-12(8-13(20)7-10)14-3-2-11(9-17)15-16(14)19-5-4-18-15/h2-5,10,12H,6-8H2,1H3/t10-,12+/m1/s1. The van der Waals surface area contributed by atoms with Crippen LogP contribution in [-0.4, -0.2) is 15.8 Å². The van der Waals surface area contributed by atoms with E-state index in [-0.39, 0.29) is 5.92 Å². The van der Waals surface area contributed by atoms with Crippen LogP contribution in [0.5, 0.6) is 0 Å². The highest BCUT2D eigenvalue weighted by Gasteiger charge is 2.27. The number of carbonyl (C=O) groups excluding carboxylic acids is 1. The van der Waals surface area contributed by atoms with E-state index >= 15 is 0 Å². The number of carbonyl (C=O) groups is 1. The second-order valence-corrected chi connectivity index (χ2v) is 5.55. The molecular formula is C16H15N3O. The lowest BCUT2D eigenvalue weighted by molar-refractivity contribution is -0.121. The molecule has 4 nitrogen and oxygen atoms in total. The molecule has 3 rings (SSSR count). The van der Waals surface area contributed by atoms with Crippen LogP contribution < -0.4 is 0 Å². The Kier molecular flexibility index (Phi) is 3.19. The van der Waals surface area contributed by atoms with Crippen LogP contribution in [-0.2, 0) is 4.79 Å². The second-order valence-electron chi connectivity index (χ2n) is 5.55. The van der Waals surface area contributed by atoms with E-state index in [1.807, 2.05) is 6.07 Å². The Labute approximate surface area is 117 Å². The van der Waals surface area contributed by atoms with Crippen molar-refractivity contribution in [3.05, 3.63) is 35.7 Å². The average Bonchev–Trinajstić information content (AvgIpc) is 2.45. The molecule has 0 saturated heterocycles. The molecule has 1 saturated carbocycles. The highest BCUT2D eigenvalue weighted by molar-refractivity contribution is 5.86. The van der Waals surface area contributed by atoms with Gasteiger partial charge in [-0.2, -0.15) is 5.26 Å². The van der Waals surface area contributed by atoms with Gasteiger partial charge in [0.05, 0.1) is 11.1 Å². The van der Waals surface area contributed by atoms with Gasteiger partial charge in [0, 0.05) is 25.2 Å². The van der Waals surface area contributed by atoms with Gasteiger partial charge in [0.2, 0.25) is 0 Å². The average molecular weight is 265 g/mol. The van der Waals surface area contributed by atoms with Crippen molar-refractivity contribution in [2.75, 3.05) is 0 Å². The third-order valence-electron chi connectivity index (χ3n) is 3.95. The fourth-order valence-electron chi connectivity index (χ4n) is 3.13. The summed E-state index contributed by atoms with van der Waals surface area (Å²) in [5.74, 6) is 0.914. The van der Waals surface area contributed by atoms with Crippen LogP contribution in [0.15, 0.2) is 24.5 Å². The van der Waals surface area contributed by atoms with E-state index in [9.17, 15) is 4.79 Å². The fourth-order valence-corrected chi connectivity index (χ4v) is 3.13. The summed E-state index contributed by atoms with van der Waals surface area (Å²) >= 11 is 0. The molecule has 4 heteroatoms. The van der Waals surface area contributed by atoms with Gasteiger partial charge in [-0.1, -0.05) is 13.0 Å². The third kappa shape index (κ3) is 2.16. The summed E-state index contributed by atoms with van der Waals surface area (Å²) in [7, 11) is 0. The molecule has 2 aromatic rings. The van der Waals surface area contributed by atoms with E-state index in [2.05, 4.69) is 23.0 Å². The first-order valence-corrected chi connectivity index (χ1v) is 6.84. The van der Waals surface area contributed by atoms with E-state index < -0.39 is 0 Å². The molecule has 0 amide bonds. The number of hydrogen-bond acceptors (Lipinski definition) is 4. The summed E-state index contributed by atoms with van der Waals surface area (Å²) in [4.78, 5) is 20.5. The van der Waals surface area contributed by atoms with Crippen molar-refractivity contribution in [3.8, 4) is 6.07 Å². The molecule has 0 bridgehead atoms. The van der Waals surface area contributed by atoms with E-state index in [1.54, 1.807) is 18.5 Å². The molecule has 0 unspecified atom stereocenters. The van der Waals surface area contributed by atoms with Crippen molar-refractivity contribution < 1.29 is 4.79 Å². The molecule has 2 atom stereocenters. The van der Waals surface area contributed by atoms with Crippen molar-refractivity contribution >= 4 is 16.8 Å². The van der Waals surface area contributed by atoms with Crippen LogP contribution >= 0.6 is 0 Å². The maximum absolute atomic E-state index is 11.8. The molecular weight excluding hydrogens is 250 g/mol. The van der Waals surface area contributed by atoms with Crippen molar-refractivity contribution in [3.63, 3.8) is 0 Å². The van der Waals surface area contributed by atoms with Gasteiger partial charge in [-0.15, -0.1) is 0 Å². The molecule has 0 N–H and O–H groups in total. The molecule has 0 spiro atoms. The maximum atomic E-state index is 11.8. The number of rotatable bonds is 1. The number of aromatic nitrogens is 2. The smallest absolute Gasteiger partial charge is 0.133 e. The van der Waals surface area contributed by atoms with Crippen LogP contribution in [0.25, 0.3) is 11.0 Å². The lowest BCUT2D eigenvalue weighted by Crippen LogP contribution is -2.20. The lowest BCUT2D eigenvalue weighted by Gasteiger charge is -2.26. The third-order valence-corrected chi connectivity index (χ3v) is 3.95. The first-order chi connectivity index (χ1) is 9.69. The molecule has 100 valence electrons. The normalized spacial score (nSPS) is 22.7. The van der Waals surface area contributed by atoms with Crippen LogP contribution in [0.1, 0.15) is 43.2 Å². The van der Waals surface area contributed by atoms with E-state index in [1.165, 1.54) is 0 Å². The van der Waals surface area contributed by atoms with Crippen LogP contribution in [0, 0.1) is 17.2 Å². The summed E-state index contributed by atoms with van der Waals surface area (Å²) in [6.07, 6.45) is 5.48. The molecule has 1 aliphatic rings. The van der Waals surface area contributed by atoms with E-state index in [0.717, 1.165) is 17.5 Å². The number of nitrogens with zero attached hydrogens (tertiary/aromatic N) is 3. The van der Waals surface area contributed by atoms with Gasteiger partial charge in [-0.3, -0.25) is 14.8 Å². The van der Waals surface area contributed by atoms with Gasteiger partial charge in [-0.05, 0) is 29.9 Å². The van der Waals surface area contributed by atoms with Crippen LogP contribution in [0.2, 0.25) is 0 Å². The predicted molar refractivity (Wildman–Crippen MR) is 75.0 cm³/mol. The van der Waals surface area contributed by atoms with Crippen molar-refractivity contribution in [1.29, 1.82) is 5.26 Å². The number of nitriles is 1. The number of fused-ring (bicyclic) bond motifs is 1. The topological polar surface area (TPSA) is 66.6 Å². The van der Waals surface area contributed by atoms with Gasteiger partial charge >= 0.3 is 0 Å². The lowest BCUT2D eigenvalue weighted by atomic mass is 9.77. The van der Waals surface area contributed by atoms with Crippen LogP contribution in [0.4, 0.5) is 0 Å². The number of Topliss-reactive ketones (excluding diaryl/α,β-unsaturated/α-hetero) is 1. The van der Waals surface area contributed by atoms with Crippen LogP contribution in [0.3, 0.4) is 0 Å². The second kappa shape index (κ2) is 5.01. The Bertz CT molecular complexity index is 717. The Morgan fingerprint density at radius 1 is 1.20 bits per heavy atom. The minimum absolute atomic E-state index is 0.193. The largest absolute Gasteiger partial charge is 0.300 e. The Balaban J connectivity index is 2.13. The molecule has 1 aromatic heterocycles. The molecule has 0 radical (unpaired) electrons. The van der Waals surface area contributed by atoms with E-state index in [4.69, 9.17) is 5.26 Å². The maximum Gasteiger partial charge on any atom is 0.133 e. The molecule has 1 fully saturated rings. The number of hydrogen-bond donors (Lipinski definition) is 0. The first kappa shape index (κ1) is 12.7. The summed E-state index contributed by atoms with van der Waals surface area (Å²) in [6, 6.07) is 5.87. The summed E-state index contributed by atoms with van der Waals surface area (Å²) < 4.78 is 0. The quantitative estimate of drug-likeness (QED) is 0.795. The Hall–Kier alpha value is -2.28. The first-order valence-electron chi connectivity index (χ1n) is 6.84. The minimum atomic E-state index is 0.193. The zero-order valence-corrected chi connectivity index (χ0v) is 11.3. The van der Waals surface area contributed by atoms with Gasteiger partial charge < -0.3 is 0 Å². The Morgan fingerprint density at radius 2 is 1.95 bits per heavy atom. The molecule has 0 aliphatic heterocycles. The highest BCUT2D eigenvalue weighted by Crippen LogP contribution is 2.37. The van der Waals surface area contributed by atoms with Gasteiger partial charge in [0.25, 0.3) is 0 Å². The number of benzene rings is 1. The zero-order valence-electron chi connectivity index (χ0n) is 11.3. The summed E-state index contributed by atoms with van der Waals surface area (Å²) in [5.41, 5.74) is 2.98. The number of ketones is 1. The zero-order chi connectivity index (χ0) is 14.1. The molecule has 20 heavy (non-hydrogen) atoms. The summed E-state index contributed by atoms with van der Waals surface area (Å²) in [5, 5.41) is 9.15. The molecule has 1 aliphatic carbocycles. The minimum Gasteiger partial charge on any atom is -0.300 e. The van der Waals surface area contributed by atoms with Crippen molar-refractivity contribution in [2.24, 2.45) is 5.92 Å². The molecule has 1 heterocycles. The summed E-state index contributed by atoms with van der Waals surface area (Å²) in [6.45, 7) is 2.11. The highest BCUT2D eigenvalue weighted by atomic mass is 16.1. The molecule has 1 aromatic carbocycles. The predicted octanol–water partition coefficient (Wildman–Crippen LogP) is 2.97. The van der Waals surface area contributed by atoms with Crippen molar-refractivity contribution in [1.82, 2.24) is 9.97 Å². The SMILES string of the molecule is C[C@H]1CC(=O)C[C@@H](c2ccc(C#N)c3nccnc23)C1.